The highest BCUT2D eigenvalue weighted by Crippen LogP contribution is 2.47. The summed E-state index contributed by atoms with van der Waals surface area (Å²) in [6.07, 6.45) is 4.57. The van der Waals surface area contributed by atoms with Crippen LogP contribution in [-0.4, -0.2) is 45.6 Å². The molecule has 9 heteroatoms. The third-order valence-electron chi connectivity index (χ3n) is 5.87. The van der Waals surface area contributed by atoms with E-state index in [4.69, 9.17) is 11.6 Å². The topological polar surface area (TPSA) is 71.9 Å². The van der Waals surface area contributed by atoms with E-state index in [9.17, 15) is 8.96 Å². The second-order valence-corrected chi connectivity index (χ2v) is 11.3. The largest absolute Gasteiger partial charge is 0.356 e. The predicted molar refractivity (Wildman–Crippen MR) is 125 cm³/mol. The summed E-state index contributed by atoms with van der Waals surface area (Å²) in [5.74, 6) is 0.277. The minimum absolute atomic E-state index is 0.173. The Morgan fingerprint density at radius 3 is 2.72 bits per heavy atom. The molecule has 1 aliphatic rings. The highest BCUT2D eigenvalue weighted by molar-refractivity contribution is 7.71. The molecule has 1 aliphatic heterocycles. The third-order valence-corrected chi connectivity index (χ3v) is 9.11. The van der Waals surface area contributed by atoms with Crippen molar-refractivity contribution in [1.82, 2.24) is 20.2 Å². The van der Waals surface area contributed by atoms with Crippen molar-refractivity contribution >= 4 is 40.6 Å². The van der Waals surface area contributed by atoms with Gasteiger partial charge in [-0.1, -0.05) is 30.3 Å². The molecule has 4 aromatic rings. The molecule has 1 fully saturated rings. The van der Waals surface area contributed by atoms with Crippen LogP contribution in [0.2, 0.25) is 5.28 Å². The Labute approximate surface area is 189 Å². The molecule has 0 unspecified atom stereocenters. The van der Waals surface area contributed by atoms with Gasteiger partial charge in [0.05, 0.1) is 11.9 Å². The second kappa shape index (κ2) is 8.57. The fourth-order valence-corrected chi connectivity index (χ4v) is 6.99. The lowest BCUT2D eigenvalue weighted by Gasteiger charge is -2.33. The van der Waals surface area contributed by atoms with Gasteiger partial charge < -0.3 is 9.46 Å². The van der Waals surface area contributed by atoms with Crippen molar-refractivity contribution in [3.63, 3.8) is 0 Å². The van der Waals surface area contributed by atoms with Crippen molar-refractivity contribution in [2.45, 2.75) is 6.42 Å². The van der Waals surface area contributed by atoms with E-state index in [-0.39, 0.29) is 5.28 Å². The molecule has 0 saturated carbocycles. The van der Waals surface area contributed by atoms with E-state index >= 15 is 0 Å². The molecule has 6 nitrogen and oxygen atoms in total. The summed E-state index contributed by atoms with van der Waals surface area (Å²) < 4.78 is 28.6. The summed E-state index contributed by atoms with van der Waals surface area (Å²) in [6, 6.07) is 14.6. The number of hydrogen-bond acceptors (Lipinski definition) is 6. The number of nitrogens with zero attached hydrogens (tertiary/aromatic N) is 5. The number of halogens is 2. The minimum Gasteiger partial charge on any atom is -0.356 e. The lowest BCUT2D eigenvalue weighted by Crippen LogP contribution is -2.38. The first-order valence-corrected chi connectivity index (χ1v) is 12.8. The molecule has 0 bridgehead atoms. The van der Waals surface area contributed by atoms with Crippen LogP contribution in [0.1, 0.15) is 11.3 Å². The zero-order chi connectivity index (χ0) is 22.1. The number of fused-ring (bicyclic) bond motifs is 1. The van der Waals surface area contributed by atoms with Crippen molar-refractivity contribution in [2.24, 2.45) is 0 Å². The van der Waals surface area contributed by atoms with Crippen molar-refractivity contribution in [3.05, 3.63) is 83.3 Å². The van der Waals surface area contributed by atoms with Crippen LogP contribution in [0.4, 0.5) is 10.2 Å². The molecule has 2 aromatic heterocycles. The van der Waals surface area contributed by atoms with Gasteiger partial charge >= 0.3 is 0 Å². The molecule has 0 atom stereocenters. The Morgan fingerprint density at radius 1 is 1.09 bits per heavy atom. The highest BCUT2D eigenvalue weighted by Gasteiger charge is 2.33. The number of aromatic nitrogens is 4. The third kappa shape index (κ3) is 4.10. The van der Waals surface area contributed by atoms with Crippen LogP contribution >= 0.6 is 18.7 Å². The van der Waals surface area contributed by atoms with Crippen LogP contribution < -0.4 is 10.2 Å². The molecule has 32 heavy (non-hydrogen) atoms. The minimum atomic E-state index is -2.88. The van der Waals surface area contributed by atoms with Gasteiger partial charge in [-0.2, -0.15) is 10.2 Å². The fourth-order valence-electron chi connectivity index (χ4n) is 4.15. The molecular weight excluding hydrogens is 448 g/mol. The molecule has 0 amide bonds. The Hall–Kier alpha value is -2.89. The average molecular weight is 468 g/mol. The quantitative estimate of drug-likeness (QED) is 0.329. The smallest absolute Gasteiger partial charge is 0.224 e. The van der Waals surface area contributed by atoms with Crippen molar-refractivity contribution < 1.29 is 8.96 Å². The van der Waals surface area contributed by atoms with Crippen LogP contribution in [-0.2, 0) is 11.0 Å². The van der Waals surface area contributed by atoms with Crippen molar-refractivity contribution in [3.8, 4) is 0 Å². The van der Waals surface area contributed by atoms with E-state index < -0.39 is 13.0 Å². The first-order valence-electron chi connectivity index (χ1n) is 10.3. The van der Waals surface area contributed by atoms with Crippen LogP contribution in [0.25, 0.3) is 10.8 Å². The van der Waals surface area contributed by atoms with Gasteiger partial charge in [-0.25, -0.2) is 14.4 Å². The summed E-state index contributed by atoms with van der Waals surface area (Å²) in [6.45, 7) is 1.03. The van der Waals surface area contributed by atoms with Gasteiger partial charge in [0.25, 0.3) is 0 Å². The molecule has 0 spiro atoms. The first kappa shape index (κ1) is 21.0. The highest BCUT2D eigenvalue weighted by atomic mass is 35.5. The van der Waals surface area contributed by atoms with E-state index in [1.807, 2.05) is 29.2 Å². The monoisotopic (exact) mass is 467 g/mol. The first-order chi connectivity index (χ1) is 15.5. The summed E-state index contributed by atoms with van der Waals surface area (Å²) in [7, 11) is -2.88. The number of anilines is 1. The SMILES string of the molecule is O=P1(c2cc(Cc3nncc4ccccc34)ccc2F)CCN(c2ccnc(Cl)n2)CC1. The zero-order valence-corrected chi connectivity index (χ0v) is 18.8. The number of benzene rings is 2. The van der Waals surface area contributed by atoms with Crippen molar-refractivity contribution in [1.29, 1.82) is 0 Å². The summed E-state index contributed by atoms with van der Waals surface area (Å²) in [4.78, 5) is 10.1. The van der Waals surface area contributed by atoms with E-state index in [0.29, 0.717) is 43.0 Å². The standard InChI is InChI=1S/C23H20ClFN5OP/c24-23-26-8-7-22(28-23)30-9-11-32(31,12-10-30)21-14-16(5-6-19(21)25)13-20-18-4-2-1-3-17(18)15-27-29-20/h1-8,14-15H,9-13H2. The van der Waals surface area contributed by atoms with E-state index in [0.717, 1.165) is 22.0 Å². The van der Waals surface area contributed by atoms with Crippen LogP contribution in [0, 0.1) is 5.82 Å². The van der Waals surface area contributed by atoms with E-state index in [2.05, 4.69) is 20.2 Å². The lowest BCUT2D eigenvalue weighted by atomic mass is 10.0. The van der Waals surface area contributed by atoms with E-state index in [1.165, 1.54) is 6.07 Å². The molecule has 162 valence electrons. The maximum atomic E-state index is 14.8. The molecular formula is C23H20ClFN5OP. The summed E-state index contributed by atoms with van der Waals surface area (Å²) in [5.41, 5.74) is 1.68. The van der Waals surface area contributed by atoms with Crippen LogP contribution in [0.5, 0.6) is 0 Å². The molecule has 2 aromatic carbocycles. The van der Waals surface area contributed by atoms with E-state index in [1.54, 1.807) is 30.6 Å². The van der Waals surface area contributed by atoms with Crippen LogP contribution in [0.15, 0.2) is 60.9 Å². The van der Waals surface area contributed by atoms with Gasteiger partial charge in [0.1, 0.15) is 18.8 Å². The summed E-state index contributed by atoms with van der Waals surface area (Å²) in [5, 5.41) is 10.9. The van der Waals surface area contributed by atoms with Crippen LogP contribution in [0.3, 0.4) is 0 Å². The Kier molecular flexibility index (Phi) is 5.62. The Balaban J connectivity index is 1.40. The van der Waals surface area contributed by atoms with Crippen molar-refractivity contribution in [2.75, 3.05) is 30.3 Å². The maximum absolute atomic E-state index is 14.8. The molecule has 0 radical (unpaired) electrons. The fraction of sp³-hybridized carbons (Fsp3) is 0.217. The average Bonchev–Trinajstić information content (AvgIpc) is 2.81. The predicted octanol–water partition coefficient (Wildman–Crippen LogP) is 4.31. The molecule has 5 rings (SSSR count). The number of hydrogen-bond donors (Lipinski definition) is 0. The lowest BCUT2D eigenvalue weighted by molar-refractivity contribution is 0.571. The van der Waals surface area contributed by atoms with Gasteiger partial charge in [-0.3, -0.25) is 0 Å². The Morgan fingerprint density at radius 2 is 1.91 bits per heavy atom. The van der Waals surface area contributed by atoms with Gasteiger partial charge in [0.15, 0.2) is 0 Å². The van der Waals surface area contributed by atoms with Gasteiger partial charge in [-0.15, -0.1) is 0 Å². The maximum Gasteiger partial charge on any atom is 0.224 e. The second-order valence-electron chi connectivity index (χ2n) is 7.85. The van der Waals surface area contributed by atoms with Gasteiger partial charge in [-0.05, 0) is 35.4 Å². The van der Waals surface area contributed by atoms with Gasteiger partial charge in [0.2, 0.25) is 5.28 Å². The summed E-state index contributed by atoms with van der Waals surface area (Å²) >= 11 is 5.89. The zero-order valence-electron chi connectivity index (χ0n) is 17.2. The number of rotatable bonds is 4. The molecule has 1 saturated heterocycles. The normalized spacial score (nSPS) is 15.8. The molecule has 0 N–H and O–H groups in total. The molecule has 3 heterocycles. The molecule has 0 aliphatic carbocycles. The van der Waals surface area contributed by atoms with Gasteiger partial charge in [0, 0.05) is 54.1 Å². The Bertz CT molecular complexity index is 1330.